The van der Waals surface area contributed by atoms with E-state index in [0.29, 0.717) is 12.2 Å². The number of alkyl halides is 3. The van der Waals surface area contributed by atoms with Crippen LogP contribution >= 0.6 is 0 Å². The van der Waals surface area contributed by atoms with Crippen molar-refractivity contribution in [2.45, 2.75) is 39.2 Å². The fourth-order valence-corrected chi connectivity index (χ4v) is 1.72. The van der Waals surface area contributed by atoms with Crippen LogP contribution < -0.4 is 5.32 Å². The van der Waals surface area contributed by atoms with Crippen LogP contribution in [0.3, 0.4) is 0 Å². The van der Waals surface area contributed by atoms with Gasteiger partial charge < -0.3 is 5.32 Å². The number of nitrogens with zero attached hydrogens (tertiary/aromatic N) is 2. The minimum atomic E-state index is -4.18. The van der Waals surface area contributed by atoms with E-state index in [2.05, 4.69) is 10.3 Å². The summed E-state index contributed by atoms with van der Waals surface area (Å²) in [5.74, 6) is 0. The van der Waals surface area contributed by atoms with Crippen molar-refractivity contribution in [1.82, 2.24) is 15.2 Å². The fourth-order valence-electron chi connectivity index (χ4n) is 1.72. The summed E-state index contributed by atoms with van der Waals surface area (Å²) in [7, 11) is 1.83. The minimum Gasteiger partial charge on any atom is -0.316 e. The minimum absolute atomic E-state index is 0.180. The lowest BCUT2D eigenvalue weighted by molar-refractivity contribution is -0.151. The highest BCUT2D eigenvalue weighted by atomic mass is 19.4. The number of nitrogens with one attached hydrogen (secondary N) is 1. The van der Waals surface area contributed by atoms with Crippen LogP contribution in [0.15, 0.2) is 18.3 Å². The second-order valence-electron chi connectivity index (χ2n) is 4.80. The Morgan fingerprint density at radius 2 is 2.00 bits per heavy atom. The van der Waals surface area contributed by atoms with Crippen LogP contribution in [0.25, 0.3) is 0 Å². The zero-order valence-electron chi connectivity index (χ0n) is 11.5. The first-order valence-electron chi connectivity index (χ1n) is 6.21. The van der Waals surface area contributed by atoms with Gasteiger partial charge in [0.1, 0.15) is 0 Å². The van der Waals surface area contributed by atoms with Gasteiger partial charge in [0.15, 0.2) is 0 Å². The second kappa shape index (κ2) is 6.86. The van der Waals surface area contributed by atoms with Crippen molar-refractivity contribution in [3.8, 4) is 0 Å². The van der Waals surface area contributed by atoms with Crippen molar-refractivity contribution in [2.75, 3.05) is 13.6 Å². The van der Waals surface area contributed by atoms with Crippen LogP contribution in [0, 0.1) is 0 Å². The Labute approximate surface area is 111 Å². The molecule has 0 aliphatic heterocycles. The fraction of sp³-hybridized carbons (Fsp3) is 0.615. The first kappa shape index (κ1) is 15.9. The van der Waals surface area contributed by atoms with Gasteiger partial charge in [-0.1, -0.05) is 6.07 Å². The van der Waals surface area contributed by atoms with Crippen molar-refractivity contribution in [3.05, 3.63) is 29.6 Å². The molecule has 0 radical (unpaired) electrons. The Morgan fingerprint density at radius 1 is 1.32 bits per heavy atom. The molecule has 0 bridgehead atoms. The third kappa shape index (κ3) is 6.02. The summed E-state index contributed by atoms with van der Waals surface area (Å²) >= 11 is 0. The summed E-state index contributed by atoms with van der Waals surface area (Å²) in [6.07, 6.45) is -2.49. The highest BCUT2D eigenvalue weighted by Gasteiger charge is 2.31. The van der Waals surface area contributed by atoms with Gasteiger partial charge in [-0.2, -0.15) is 13.2 Å². The van der Waals surface area contributed by atoms with E-state index in [1.165, 1.54) is 4.90 Å². The van der Waals surface area contributed by atoms with Crippen LogP contribution in [-0.4, -0.2) is 35.7 Å². The standard InChI is InChI=1S/C13H20F3N3/c1-10(2)19(9-13(14,15)16)8-12-5-4-11(6-17-3)7-18-12/h4-5,7,10,17H,6,8-9H2,1-3H3. The van der Waals surface area contributed by atoms with Gasteiger partial charge in [0.25, 0.3) is 0 Å². The summed E-state index contributed by atoms with van der Waals surface area (Å²) in [4.78, 5) is 5.56. The molecule has 0 spiro atoms. The van der Waals surface area contributed by atoms with Gasteiger partial charge in [-0.05, 0) is 32.5 Å². The molecule has 0 saturated carbocycles. The maximum absolute atomic E-state index is 12.5. The number of halogens is 3. The summed E-state index contributed by atoms with van der Waals surface area (Å²) in [6, 6.07) is 3.48. The summed E-state index contributed by atoms with van der Waals surface area (Å²) in [5.41, 5.74) is 1.66. The molecule has 0 fully saturated rings. The van der Waals surface area contributed by atoms with Gasteiger partial charge in [-0.25, -0.2) is 0 Å². The maximum atomic E-state index is 12.5. The summed E-state index contributed by atoms with van der Waals surface area (Å²) in [5, 5.41) is 2.99. The lowest BCUT2D eigenvalue weighted by Crippen LogP contribution is -2.38. The molecule has 6 heteroatoms. The van der Waals surface area contributed by atoms with Crippen molar-refractivity contribution in [2.24, 2.45) is 0 Å². The van der Waals surface area contributed by atoms with E-state index in [1.807, 2.05) is 13.1 Å². The van der Waals surface area contributed by atoms with Gasteiger partial charge in [-0.3, -0.25) is 9.88 Å². The molecule has 1 aromatic heterocycles. The highest BCUT2D eigenvalue weighted by Crippen LogP contribution is 2.19. The van der Waals surface area contributed by atoms with Crippen molar-refractivity contribution < 1.29 is 13.2 Å². The van der Waals surface area contributed by atoms with Gasteiger partial charge >= 0.3 is 6.18 Å². The Kier molecular flexibility index (Phi) is 5.75. The predicted octanol–water partition coefficient (Wildman–Crippen LogP) is 2.57. The van der Waals surface area contributed by atoms with Gasteiger partial charge in [-0.15, -0.1) is 0 Å². The lowest BCUT2D eigenvalue weighted by Gasteiger charge is -2.27. The van der Waals surface area contributed by atoms with E-state index < -0.39 is 12.7 Å². The molecule has 1 rings (SSSR count). The molecule has 19 heavy (non-hydrogen) atoms. The van der Waals surface area contributed by atoms with Crippen LogP contribution in [0.2, 0.25) is 0 Å². The monoisotopic (exact) mass is 275 g/mol. The molecular formula is C13H20F3N3. The Hall–Kier alpha value is -1.14. The quantitative estimate of drug-likeness (QED) is 0.865. The van der Waals surface area contributed by atoms with E-state index in [-0.39, 0.29) is 12.6 Å². The molecule has 3 nitrogen and oxygen atoms in total. The lowest BCUT2D eigenvalue weighted by atomic mass is 10.2. The Balaban J connectivity index is 2.68. The predicted molar refractivity (Wildman–Crippen MR) is 68.6 cm³/mol. The molecule has 0 atom stereocenters. The molecule has 1 N–H and O–H groups in total. The molecule has 1 aromatic rings. The number of aromatic nitrogens is 1. The molecule has 0 aliphatic rings. The topological polar surface area (TPSA) is 28.2 Å². The Morgan fingerprint density at radius 3 is 2.42 bits per heavy atom. The zero-order valence-corrected chi connectivity index (χ0v) is 11.5. The Bertz CT molecular complexity index is 374. The van der Waals surface area contributed by atoms with E-state index in [1.54, 1.807) is 26.1 Å². The highest BCUT2D eigenvalue weighted by molar-refractivity contribution is 5.14. The van der Waals surface area contributed by atoms with Crippen LogP contribution in [-0.2, 0) is 13.1 Å². The molecule has 0 unspecified atom stereocenters. The smallest absolute Gasteiger partial charge is 0.316 e. The number of hydrogen-bond donors (Lipinski definition) is 1. The van der Waals surface area contributed by atoms with E-state index in [4.69, 9.17) is 0 Å². The second-order valence-corrected chi connectivity index (χ2v) is 4.80. The SMILES string of the molecule is CNCc1ccc(CN(CC(F)(F)F)C(C)C)nc1. The van der Waals surface area contributed by atoms with E-state index in [0.717, 1.165) is 5.56 Å². The molecule has 0 amide bonds. The number of hydrogen-bond acceptors (Lipinski definition) is 3. The van der Waals surface area contributed by atoms with Crippen molar-refractivity contribution in [3.63, 3.8) is 0 Å². The largest absolute Gasteiger partial charge is 0.401 e. The molecule has 0 saturated heterocycles. The van der Waals surface area contributed by atoms with Crippen molar-refractivity contribution >= 4 is 0 Å². The van der Waals surface area contributed by atoms with Gasteiger partial charge in [0.2, 0.25) is 0 Å². The molecule has 0 aromatic carbocycles. The molecule has 0 aliphatic carbocycles. The van der Waals surface area contributed by atoms with E-state index >= 15 is 0 Å². The molecular weight excluding hydrogens is 255 g/mol. The zero-order chi connectivity index (χ0) is 14.5. The summed E-state index contributed by atoms with van der Waals surface area (Å²) in [6.45, 7) is 3.49. The third-order valence-corrected chi connectivity index (χ3v) is 2.74. The third-order valence-electron chi connectivity index (χ3n) is 2.74. The normalized spacial score (nSPS) is 12.4. The van der Waals surface area contributed by atoms with Gasteiger partial charge in [0, 0.05) is 25.3 Å². The first-order chi connectivity index (χ1) is 8.81. The summed E-state index contributed by atoms with van der Waals surface area (Å²) < 4.78 is 37.4. The average molecular weight is 275 g/mol. The van der Waals surface area contributed by atoms with E-state index in [9.17, 15) is 13.2 Å². The number of pyridine rings is 1. The first-order valence-corrected chi connectivity index (χ1v) is 6.21. The van der Waals surface area contributed by atoms with Crippen LogP contribution in [0.4, 0.5) is 13.2 Å². The van der Waals surface area contributed by atoms with Crippen LogP contribution in [0.1, 0.15) is 25.1 Å². The van der Waals surface area contributed by atoms with Crippen molar-refractivity contribution in [1.29, 1.82) is 0 Å². The van der Waals surface area contributed by atoms with Gasteiger partial charge in [0.05, 0.1) is 12.2 Å². The molecule has 1 heterocycles. The average Bonchev–Trinajstić information content (AvgIpc) is 2.29. The molecule has 108 valence electrons. The van der Waals surface area contributed by atoms with Crippen LogP contribution in [0.5, 0.6) is 0 Å². The number of rotatable bonds is 6. The maximum Gasteiger partial charge on any atom is 0.401 e.